The molecule has 1 unspecified atom stereocenters. The quantitative estimate of drug-likeness (QED) is 0.669. The number of carbonyl (C=O) groups excluding carboxylic acids is 2. The number of hydrogen-bond donors (Lipinski definition) is 1. The molecule has 2 rings (SSSR count). The molecule has 1 fully saturated rings. The topological polar surface area (TPSA) is 72.0 Å². The minimum Gasteiger partial charge on any atom is -0.296 e. The Morgan fingerprint density at radius 1 is 1.33 bits per heavy atom. The van der Waals surface area contributed by atoms with E-state index in [1.807, 2.05) is 6.92 Å². The maximum Gasteiger partial charge on any atom is 0.237 e. The van der Waals surface area contributed by atoms with E-state index in [2.05, 4.69) is 15.3 Å². The lowest BCUT2D eigenvalue weighted by molar-refractivity contribution is -0.134. The van der Waals surface area contributed by atoms with Crippen molar-refractivity contribution >= 4 is 11.8 Å². The Hall–Kier alpha value is -1.78. The second kappa shape index (κ2) is 3.76. The first-order valence-corrected chi connectivity index (χ1v) is 4.79. The van der Waals surface area contributed by atoms with Crippen molar-refractivity contribution in [2.24, 2.45) is 0 Å². The van der Waals surface area contributed by atoms with Crippen molar-refractivity contribution in [2.75, 3.05) is 0 Å². The van der Waals surface area contributed by atoms with Crippen LogP contribution in [0.25, 0.3) is 0 Å². The number of rotatable bonds is 1. The Morgan fingerprint density at radius 2 is 2.00 bits per heavy atom. The highest BCUT2D eigenvalue weighted by molar-refractivity contribution is 6.00. The summed E-state index contributed by atoms with van der Waals surface area (Å²) in [5, 5.41) is 2.28. The molecule has 78 valence electrons. The third-order valence-corrected chi connectivity index (χ3v) is 2.35. The molecule has 5 nitrogen and oxygen atoms in total. The van der Waals surface area contributed by atoms with Crippen LogP contribution >= 0.6 is 0 Å². The van der Waals surface area contributed by atoms with Gasteiger partial charge in [-0.15, -0.1) is 0 Å². The van der Waals surface area contributed by atoms with Gasteiger partial charge in [-0.3, -0.25) is 14.9 Å². The van der Waals surface area contributed by atoms with Gasteiger partial charge in [0.2, 0.25) is 11.8 Å². The summed E-state index contributed by atoms with van der Waals surface area (Å²) in [6, 6.07) is 0. The van der Waals surface area contributed by atoms with Crippen molar-refractivity contribution in [1.29, 1.82) is 0 Å². The zero-order chi connectivity index (χ0) is 10.8. The second-order valence-electron chi connectivity index (χ2n) is 3.62. The van der Waals surface area contributed by atoms with Crippen molar-refractivity contribution in [1.82, 2.24) is 15.3 Å². The van der Waals surface area contributed by atoms with E-state index in [0.29, 0.717) is 18.7 Å². The number of hydrogen-bond acceptors (Lipinski definition) is 4. The van der Waals surface area contributed by atoms with Gasteiger partial charge in [0.05, 0.1) is 5.92 Å². The van der Waals surface area contributed by atoms with Gasteiger partial charge in [-0.2, -0.15) is 0 Å². The third-order valence-electron chi connectivity index (χ3n) is 2.35. The number of piperidine rings is 1. The molecule has 0 saturated carbocycles. The van der Waals surface area contributed by atoms with E-state index in [-0.39, 0.29) is 17.7 Å². The van der Waals surface area contributed by atoms with Crippen LogP contribution < -0.4 is 5.32 Å². The molecule has 1 atom stereocenters. The Balaban J connectivity index is 2.20. The van der Waals surface area contributed by atoms with Gasteiger partial charge in [0.1, 0.15) is 5.82 Å². The van der Waals surface area contributed by atoms with E-state index in [9.17, 15) is 9.59 Å². The zero-order valence-corrected chi connectivity index (χ0v) is 8.36. The molecule has 1 aliphatic heterocycles. The minimum atomic E-state index is -0.386. The number of aryl methyl sites for hydroxylation is 1. The van der Waals surface area contributed by atoms with Crippen LogP contribution in [0.5, 0.6) is 0 Å². The smallest absolute Gasteiger partial charge is 0.237 e. The summed E-state index contributed by atoms with van der Waals surface area (Å²) >= 11 is 0. The molecule has 5 heteroatoms. The van der Waals surface area contributed by atoms with E-state index >= 15 is 0 Å². The Kier molecular flexibility index (Phi) is 2.45. The van der Waals surface area contributed by atoms with Gasteiger partial charge in [-0.25, -0.2) is 9.97 Å². The first-order chi connectivity index (χ1) is 7.16. The normalized spacial score (nSPS) is 21.3. The average Bonchev–Trinajstić information content (AvgIpc) is 2.20. The maximum absolute atomic E-state index is 11.5. The molecule has 0 bridgehead atoms. The van der Waals surface area contributed by atoms with Gasteiger partial charge in [0, 0.05) is 18.8 Å². The van der Waals surface area contributed by atoms with Crippen molar-refractivity contribution in [3.63, 3.8) is 0 Å². The summed E-state index contributed by atoms with van der Waals surface area (Å²) < 4.78 is 0. The monoisotopic (exact) mass is 205 g/mol. The SMILES string of the molecule is Cc1cnc(C2CCC(=O)NC2=O)nc1. The number of aromatic nitrogens is 2. The highest BCUT2D eigenvalue weighted by Gasteiger charge is 2.29. The molecule has 1 aromatic heterocycles. The lowest BCUT2D eigenvalue weighted by Gasteiger charge is -2.19. The van der Waals surface area contributed by atoms with E-state index in [0.717, 1.165) is 5.56 Å². The van der Waals surface area contributed by atoms with E-state index in [1.54, 1.807) is 12.4 Å². The summed E-state index contributed by atoms with van der Waals surface area (Å²) in [5.41, 5.74) is 0.950. The number of imide groups is 1. The molecule has 2 amide bonds. The van der Waals surface area contributed by atoms with Crippen LogP contribution in [0.3, 0.4) is 0 Å². The summed E-state index contributed by atoms with van der Waals surface area (Å²) in [6.07, 6.45) is 4.19. The fraction of sp³-hybridized carbons (Fsp3) is 0.400. The van der Waals surface area contributed by atoms with Gasteiger partial charge >= 0.3 is 0 Å². The number of nitrogens with zero attached hydrogens (tertiary/aromatic N) is 2. The van der Waals surface area contributed by atoms with Crippen LogP contribution in [-0.2, 0) is 9.59 Å². The maximum atomic E-state index is 11.5. The number of carbonyl (C=O) groups is 2. The molecule has 15 heavy (non-hydrogen) atoms. The molecule has 0 aromatic carbocycles. The summed E-state index contributed by atoms with van der Waals surface area (Å²) in [7, 11) is 0. The second-order valence-corrected chi connectivity index (χ2v) is 3.62. The van der Waals surface area contributed by atoms with E-state index < -0.39 is 0 Å². The van der Waals surface area contributed by atoms with Crippen molar-refractivity contribution in [2.45, 2.75) is 25.7 Å². The van der Waals surface area contributed by atoms with Crippen molar-refractivity contribution < 1.29 is 9.59 Å². The molecule has 2 heterocycles. The van der Waals surface area contributed by atoms with Gasteiger partial charge < -0.3 is 0 Å². The predicted octanol–water partition coefficient (Wildman–Crippen LogP) is 0.305. The van der Waals surface area contributed by atoms with Crippen LogP contribution in [0.1, 0.15) is 30.1 Å². The van der Waals surface area contributed by atoms with Crippen LogP contribution in [0.15, 0.2) is 12.4 Å². The lowest BCUT2D eigenvalue weighted by Crippen LogP contribution is -2.40. The molecule has 1 aromatic rings. The fourth-order valence-electron chi connectivity index (χ4n) is 1.52. The van der Waals surface area contributed by atoms with Crippen LogP contribution in [-0.4, -0.2) is 21.8 Å². The van der Waals surface area contributed by atoms with Crippen LogP contribution in [0.4, 0.5) is 0 Å². The van der Waals surface area contributed by atoms with Crippen LogP contribution in [0, 0.1) is 6.92 Å². The lowest BCUT2D eigenvalue weighted by atomic mass is 9.97. The number of amides is 2. The molecule has 0 aliphatic carbocycles. The Labute approximate surface area is 86.9 Å². The summed E-state index contributed by atoms with van der Waals surface area (Å²) in [5.74, 6) is -0.410. The first kappa shape index (κ1) is 9.76. The fourth-order valence-corrected chi connectivity index (χ4v) is 1.52. The van der Waals surface area contributed by atoms with Gasteiger partial charge in [0.15, 0.2) is 0 Å². The highest BCUT2D eigenvalue weighted by atomic mass is 16.2. The third kappa shape index (κ3) is 2.01. The minimum absolute atomic E-state index is 0.219. The number of nitrogens with one attached hydrogen (secondary N) is 1. The van der Waals surface area contributed by atoms with E-state index in [1.165, 1.54) is 0 Å². The first-order valence-electron chi connectivity index (χ1n) is 4.79. The summed E-state index contributed by atoms with van der Waals surface area (Å²) in [6.45, 7) is 1.88. The molecule has 1 N–H and O–H groups in total. The zero-order valence-electron chi connectivity index (χ0n) is 8.36. The predicted molar refractivity (Wildman–Crippen MR) is 51.9 cm³/mol. The highest BCUT2D eigenvalue weighted by Crippen LogP contribution is 2.21. The van der Waals surface area contributed by atoms with Crippen molar-refractivity contribution in [3.05, 3.63) is 23.8 Å². The van der Waals surface area contributed by atoms with Gasteiger partial charge in [-0.05, 0) is 18.9 Å². The largest absolute Gasteiger partial charge is 0.296 e. The van der Waals surface area contributed by atoms with E-state index in [4.69, 9.17) is 0 Å². The van der Waals surface area contributed by atoms with Crippen LogP contribution in [0.2, 0.25) is 0 Å². The van der Waals surface area contributed by atoms with Crippen molar-refractivity contribution in [3.8, 4) is 0 Å². The molecular formula is C10H11N3O2. The Morgan fingerprint density at radius 3 is 2.60 bits per heavy atom. The van der Waals surface area contributed by atoms with Gasteiger partial charge in [-0.1, -0.05) is 0 Å². The Bertz CT molecular complexity index is 400. The molecule has 1 aliphatic rings. The summed E-state index contributed by atoms with van der Waals surface area (Å²) in [4.78, 5) is 30.6. The molecular weight excluding hydrogens is 194 g/mol. The van der Waals surface area contributed by atoms with Gasteiger partial charge in [0.25, 0.3) is 0 Å². The molecule has 0 radical (unpaired) electrons. The molecule has 1 saturated heterocycles. The molecule has 0 spiro atoms. The standard InChI is InChI=1S/C10H11N3O2/c1-6-4-11-9(12-5-6)7-2-3-8(14)13-10(7)15/h4-5,7H,2-3H2,1H3,(H,13,14,15). The average molecular weight is 205 g/mol.